The van der Waals surface area contributed by atoms with Crippen LogP contribution in [0.5, 0.6) is 0 Å². The van der Waals surface area contributed by atoms with Gasteiger partial charge in [-0.05, 0) is 51.4 Å². The second kappa shape index (κ2) is 8.57. The van der Waals surface area contributed by atoms with Crippen molar-refractivity contribution in [2.75, 3.05) is 40.4 Å². The summed E-state index contributed by atoms with van der Waals surface area (Å²) in [6.45, 7) is 3.05. The van der Waals surface area contributed by atoms with Gasteiger partial charge < -0.3 is 24.2 Å². The number of amides is 3. The molecule has 0 aliphatic carbocycles. The third-order valence-corrected chi connectivity index (χ3v) is 7.00. The maximum Gasteiger partial charge on any atom is 0.319 e. The normalized spacial score (nSPS) is 31.9. The Balaban J connectivity index is 1.24. The van der Waals surface area contributed by atoms with Crippen LogP contribution in [0.3, 0.4) is 0 Å². The first-order chi connectivity index (χ1) is 13.5. The zero-order chi connectivity index (χ0) is 19.7. The summed E-state index contributed by atoms with van der Waals surface area (Å²) in [7, 11) is 3.67. The SMILES string of the molecule is CN(C)C(=O)N1C2CCC1CC(OC1CCN(C(=O)C3CCOCC3)CC1)C2. The molecule has 0 aromatic heterocycles. The maximum atomic E-state index is 12.7. The van der Waals surface area contributed by atoms with E-state index in [4.69, 9.17) is 9.47 Å². The Morgan fingerprint density at radius 2 is 1.50 bits per heavy atom. The maximum absolute atomic E-state index is 12.7. The molecule has 4 aliphatic heterocycles. The standard InChI is InChI=1S/C21H35N3O4/c1-22(2)21(26)24-16-3-4-17(24)14-19(13-16)28-18-5-9-23(10-6-18)20(25)15-7-11-27-12-8-15/h15-19H,3-14H2,1-2H3. The minimum atomic E-state index is 0.144. The van der Waals surface area contributed by atoms with Crippen molar-refractivity contribution >= 4 is 11.9 Å². The number of rotatable bonds is 3. The molecule has 0 aromatic carbocycles. The zero-order valence-corrected chi connectivity index (χ0v) is 17.3. The summed E-state index contributed by atoms with van der Waals surface area (Å²) in [5.74, 6) is 0.468. The molecule has 4 aliphatic rings. The largest absolute Gasteiger partial charge is 0.381 e. The molecule has 0 radical (unpaired) electrons. The number of fused-ring (bicyclic) bond motifs is 2. The first-order valence-corrected chi connectivity index (χ1v) is 11.0. The number of urea groups is 1. The minimum Gasteiger partial charge on any atom is -0.381 e. The molecule has 0 aromatic rings. The van der Waals surface area contributed by atoms with E-state index in [1.165, 1.54) is 0 Å². The number of piperidine rings is 2. The smallest absolute Gasteiger partial charge is 0.319 e. The van der Waals surface area contributed by atoms with E-state index >= 15 is 0 Å². The highest BCUT2D eigenvalue weighted by Crippen LogP contribution is 2.38. The molecule has 7 heteroatoms. The highest BCUT2D eigenvalue weighted by Gasteiger charge is 2.44. The predicted octanol–water partition coefficient (Wildman–Crippen LogP) is 2.10. The molecule has 2 bridgehead atoms. The molecule has 0 saturated carbocycles. The van der Waals surface area contributed by atoms with Crippen molar-refractivity contribution in [1.82, 2.24) is 14.7 Å². The van der Waals surface area contributed by atoms with Crippen molar-refractivity contribution in [1.29, 1.82) is 0 Å². The quantitative estimate of drug-likeness (QED) is 0.737. The molecular formula is C21H35N3O4. The lowest BCUT2D eigenvalue weighted by molar-refractivity contribution is -0.142. The van der Waals surface area contributed by atoms with Crippen LogP contribution in [0.1, 0.15) is 51.4 Å². The zero-order valence-electron chi connectivity index (χ0n) is 17.3. The van der Waals surface area contributed by atoms with Gasteiger partial charge in [0.05, 0.1) is 12.2 Å². The molecule has 3 amide bonds. The Bertz CT molecular complexity index is 556. The van der Waals surface area contributed by atoms with E-state index in [2.05, 4.69) is 4.90 Å². The lowest BCUT2D eigenvalue weighted by Crippen LogP contribution is -2.52. The van der Waals surface area contributed by atoms with Crippen LogP contribution in [0, 0.1) is 5.92 Å². The van der Waals surface area contributed by atoms with E-state index in [1.807, 2.05) is 19.0 Å². The molecule has 28 heavy (non-hydrogen) atoms. The molecule has 2 atom stereocenters. The van der Waals surface area contributed by atoms with Crippen LogP contribution in [0.25, 0.3) is 0 Å². The number of carbonyl (C=O) groups excluding carboxylic acids is 2. The van der Waals surface area contributed by atoms with Crippen LogP contribution in [-0.4, -0.2) is 91.3 Å². The van der Waals surface area contributed by atoms with Crippen molar-refractivity contribution in [3.63, 3.8) is 0 Å². The van der Waals surface area contributed by atoms with Gasteiger partial charge in [0.15, 0.2) is 0 Å². The first kappa shape index (κ1) is 20.0. The predicted molar refractivity (Wildman–Crippen MR) is 105 cm³/mol. The average Bonchev–Trinajstić information content (AvgIpc) is 2.98. The van der Waals surface area contributed by atoms with Crippen LogP contribution in [0.4, 0.5) is 4.79 Å². The summed E-state index contributed by atoms with van der Waals surface area (Å²) in [4.78, 5) is 31.0. The van der Waals surface area contributed by atoms with Crippen molar-refractivity contribution in [3.8, 4) is 0 Å². The van der Waals surface area contributed by atoms with Gasteiger partial charge in [0.1, 0.15) is 0 Å². The van der Waals surface area contributed by atoms with Crippen molar-refractivity contribution < 1.29 is 19.1 Å². The molecule has 4 heterocycles. The van der Waals surface area contributed by atoms with Gasteiger partial charge in [0.25, 0.3) is 0 Å². The summed E-state index contributed by atoms with van der Waals surface area (Å²) in [6.07, 6.45) is 8.21. The summed E-state index contributed by atoms with van der Waals surface area (Å²) in [5.41, 5.74) is 0. The lowest BCUT2D eigenvalue weighted by atomic mass is 9.96. The highest BCUT2D eigenvalue weighted by atomic mass is 16.5. The Morgan fingerprint density at radius 1 is 0.893 bits per heavy atom. The number of carbonyl (C=O) groups is 2. The fourth-order valence-corrected chi connectivity index (χ4v) is 5.47. The lowest BCUT2D eigenvalue weighted by Gasteiger charge is -2.42. The Labute approximate surface area is 168 Å². The van der Waals surface area contributed by atoms with Gasteiger partial charge in [0, 0.05) is 58.4 Å². The van der Waals surface area contributed by atoms with Crippen LogP contribution >= 0.6 is 0 Å². The Hall–Kier alpha value is -1.34. The van der Waals surface area contributed by atoms with Gasteiger partial charge in [0.2, 0.25) is 5.91 Å². The fourth-order valence-electron chi connectivity index (χ4n) is 5.47. The molecule has 158 valence electrons. The molecule has 4 saturated heterocycles. The Kier molecular flexibility index (Phi) is 6.11. The van der Waals surface area contributed by atoms with Gasteiger partial charge in [-0.1, -0.05) is 0 Å². The van der Waals surface area contributed by atoms with E-state index in [0.717, 1.165) is 64.5 Å². The minimum absolute atomic E-state index is 0.144. The third-order valence-electron chi connectivity index (χ3n) is 7.00. The molecular weight excluding hydrogens is 358 g/mol. The number of ether oxygens (including phenoxy) is 2. The highest BCUT2D eigenvalue weighted by molar-refractivity contribution is 5.79. The monoisotopic (exact) mass is 393 g/mol. The molecule has 4 rings (SSSR count). The average molecular weight is 394 g/mol. The Morgan fingerprint density at radius 3 is 2.07 bits per heavy atom. The van der Waals surface area contributed by atoms with Crippen molar-refractivity contribution in [2.24, 2.45) is 5.92 Å². The molecule has 7 nitrogen and oxygen atoms in total. The van der Waals surface area contributed by atoms with E-state index in [0.29, 0.717) is 31.2 Å². The topological polar surface area (TPSA) is 62.3 Å². The van der Waals surface area contributed by atoms with E-state index in [1.54, 1.807) is 4.90 Å². The number of nitrogens with zero attached hydrogens (tertiary/aromatic N) is 3. The second-order valence-electron chi connectivity index (χ2n) is 9.11. The molecule has 2 unspecified atom stereocenters. The fraction of sp³-hybridized carbons (Fsp3) is 0.905. The second-order valence-corrected chi connectivity index (χ2v) is 9.11. The van der Waals surface area contributed by atoms with Crippen LogP contribution in [0.15, 0.2) is 0 Å². The number of hydrogen-bond donors (Lipinski definition) is 0. The van der Waals surface area contributed by atoms with Crippen LogP contribution in [-0.2, 0) is 14.3 Å². The first-order valence-electron chi connectivity index (χ1n) is 11.0. The molecule has 4 fully saturated rings. The molecule has 0 spiro atoms. The van der Waals surface area contributed by atoms with Crippen molar-refractivity contribution in [2.45, 2.75) is 75.7 Å². The number of hydrogen-bond acceptors (Lipinski definition) is 4. The van der Waals surface area contributed by atoms with Crippen LogP contribution in [0.2, 0.25) is 0 Å². The van der Waals surface area contributed by atoms with Gasteiger partial charge in [-0.25, -0.2) is 4.79 Å². The summed E-state index contributed by atoms with van der Waals surface area (Å²) in [6, 6.07) is 0.800. The van der Waals surface area contributed by atoms with E-state index < -0.39 is 0 Å². The van der Waals surface area contributed by atoms with Gasteiger partial charge in [-0.15, -0.1) is 0 Å². The van der Waals surface area contributed by atoms with E-state index in [9.17, 15) is 9.59 Å². The van der Waals surface area contributed by atoms with Gasteiger partial charge in [-0.3, -0.25) is 4.79 Å². The van der Waals surface area contributed by atoms with E-state index in [-0.39, 0.29) is 24.2 Å². The third kappa shape index (κ3) is 4.15. The van der Waals surface area contributed by atoms with Crippen LogP contribution < -0.4 is 0 Å². The summed E-state index contributed by atoms with van der Waals surface area (Å²) >= 11 is 0. The van der Waals surface area contributed by atoms with Crippen molar-refractivity contribution in [3.05, 3.63) is 0 Å². The molecule has 0 N–H and O–H groups in total. The number of likely N-dealkylation sites (tertiary alicyclic amines) is 1. The summed E-state index contributed by atoms with van der Waals surface area (Å²) < 4.78 is 11.8. The van der Waals surface area contributed by atoms with Gasteiger partial charge in [-0.2, -0.15) is 0 Å². The summed E-state index contributed by atoms with van der Waals surface area (Å²) in [5, 5.41) is 0. The van der Waals surface area contributed by atoms with Gasteiger partial charge >= 0.3 is 6.03 Å².